The van der Waals surface area contributed by atoms with Crippen molar-refractivity contribution in [1.29, 1.82) is 0 Å². The summed E-state index contributed by atoms with van der Waals surface area (Å²) in [6, 6.07) is -0.913. The van der Waals surface area contributed by atoms with Gasteiger partial charge in [0.1, 0.15) is 13.2 Å². The maximum Gasteiger partial charge on any atom is 0.268 e. The zero-order valence-electron chi connectivity index (χ0n) is 63.4. The lowest BCUT2D eigenvalue weighted by molar-refractivity contribution is -0.870. The number of aliphatic hydroxyl groups is 1. The van der Waals surface area contributed by atoms with E-state index >= 15 is 0 Å². The van der Waals surface area contributed by atoms with Gasteiger partial charge in [0, 0.05) is 6.42 Å². The molecule has 0 saturated carbocycles. The third-order valence-electron chi connectivity index (χ3n) is 18.9. The fourth-order valence-electron chi connectivity index (χ4n) is 12.5. The van der Waals surface area contributed by atoms with Gasteiger partial charge in [-0.05, 0) is 83.5 Å². The van der Waals surface area contributed by atoms with Crippen LogP contribution in [0.15, 0.2) is 72.9 Å². The summed E-state index contributed by atoms with van der Waals surface area (Å²) in [4.78, 5) is 25.7. The number of phosphoric ester groups is 1. The number of nitrogens with one attached hydrogen (secondary N) is 1. The molecule has 0 aromatic heterocycles. The molecule has 94 heavy (non-hydrogen) atoms. The number of carbonyl (C=O) groups excluding carboxylic acids is 1. The predicted octanol–water partition coefficient (Wildman–Crippen LogP) is 26.6. The number of hydrogen-bond donors (Lipinski definition) is 2. The summed E-state index contributed by atoms with van der Waals surface area (Å²) in [5, 5.41) is 14.0. The topological polar surface area (TPSA) is 108 Å². The van der Waals surface area contributed by atoms with Crippen LogP contribution in [-0.2, 0) is 18.4 Å². The fraction of sp³-hybridized carbons (Fsp3) is 0.847. The molecule has 9 heteroatoms. The summed E-state index contributed by atoms with van der Waals surface area (Å²) in [7, 11) is 1.25. The summed E-state index contributed by atoms with van der Waals surface area (Å²) in [6.45, 7) is 4.66. The zero-order chi connectivity index (χ0) is 68.3. The van der Waals surface area contributed by atoms with E-state index in [1.807, 2.05) is 27.2 Å². The number of aliphatic hydroxyl groups excluding tert-OH is 1. The van der Waals surface area contributed by atoms with Gasteiger partial charge in [-0.3, -0.25) is 9.36 Å². The van der Waals surface area contributed by atoms with Crippen LogP contribution in [0.3, 0.4) is 0 Å². The molecule has 3 unspecified atom stereocenters. The minimum atomic E-state index is -4.62. The van der Waals surface area contributed by atoms with Crippen LogP contribution in [0.5, 0.6) is 0 Å². The lowest BCUT2D eigenvalue weighted by Gasteiger charge is -2.29. The first kappa shape index (κ1) is 91.9. The number of nitrogens with zero attached hydrogens (tertiary/aromatic N) is 1. The van der Waals surface area contributed by atoms with Crippen molar-refractivity contribution in [3.05, 3.63) is 72.9 Å². The van der Waals surface area contributed by atoms with Gasteiger partial charge in [-0.1, -0.05) is 395 Å². The van der Waals surface area contributed by atoms with Crippen molar-refractivity contribution in [3.63, 3.8) is 0 Å². The molecule has 0 aliphatic rings. The van der Waals surface area contributed by atoms with Crippen LogP contribution in [-0.4, -0.2) is 68.5 Å². The smallest absolute Gasteiger partial charge is 0.268 e. The highest BCUT2D eigenvalue weighted by Crippen LogP contribution is 2.38. The molecule has 3 atom stereocenters. The van der Waals surface area contributed by atoms with Gasteiger partial charge in [0.15, 0.2) is 0 Å². The number of rotatable bonds is 77. The average Bonchev–Trinajstić information content (AvgIpc) is 1.77. The summed E-state index contributed by atoms with van der Waals surface area (Å²) in [5.74, 6) is -0.204. The molecule has 552 valence electrons. The molecule has 1 amide bonds. The molecular formula is C85H161N2O6P. The Morgan fingerprint density at radius 1 is 0.372 bits per heavy atom. The quantitative estimate of drug-likeness (QED) is 0.0272. The lowest BCUT2D eigenvalue weighted by Crippen LogP contribution is -2.45. The highest BCUT2D eigenvalue weighted by molar-refractivity contribution is 7.45. The van der Waals surface area contributed by atoms with Crippen molar-refractivity contribution < 1.29 is 32.9 Å². The number of carbonyl (C=O) groups is 1. The number of phosphoric acid groups is 1. The van der Waals surface area contributed by atoms with Crippen LogP contribution in [0.1, 0.15) is 412 Å². The highest BCUT2D eigenvalue weighted by Gasteiger charge is 2.23. The minimum Gasteiger partial charge on any atom is -0.756 e. The SMILES string of the molecule is CCCCCCC/C=C\C/C=C\C/C=C\CCCCCCCCCCCCCCCCCCCCCCCCCCCCC(=O)NC(COP(=O)([O-])OCC[N+](C)(C)C)C(O)/C=C/CC/C=C/CC/C=C/CCCCCCCCCCCCCCCCCCCCCCC. The minimum absolute atomic E-state index is 0.00874. The molecule has 0 rings (SSSR count). The normalized spacial score (nSPS) is 13.8. The highest BCUT2D eigenvalue weighted by atomic mass is 31.2. The Hall–Kier alpha value is -2.06. The Morgan fingerprint density at radius 3 is 0.936 bits per heavy atom. The van der Waals surface area contributed by atoms with Crippen molar-refractivity contribution >= 4 is 13.7 Å². The van der Waals surface area contributed by atoms with Crippen LogP contribution in [0.4, 0.5) is 0 Å². The molecule has 0 bridgehead atoms. The van der Waals surface area contributed by atoms with Gasteiger partial charge >= 0.3 is 0 Å². The Labute approximate surface area is 586 Å². The zero-order valence-corrected chi connectivity index (χ0v) is 64.3. The molecular weight excluding hydrogens is 1180 g/mol. The van der Waals surface area contributed by atoms with Gasteiger partial charge in [-0.15, -0.1) is 0 Å². The molecule has 2 N–H and O–H groups in total. The summed E-state index contributed by atoms with van der Waals surface area (Å²) in [5.41, 5.74) is 0. The number of likely N-dealkylation sites (N-methyl/N-ethyl adjacent to an activating group) is 1. The van der Waals surface area contributed by atoms with Crippen molar-refractivity contribution in [2.75, 3.05) is 40.9 Å². The summed E-state index contributed by atoms with van der Waals surface area (Å²) >= 11 is 0. The second-order valence-electron chi connectivity index (χ2n) is 29.5. The first-order chi connectivity index (χ1) is 46.0. The number of quaternary nitrogens is 1. The first-order valence-corrected chi connectivity index (χ1v) is 42.8. The molecule has 0 saturated heterocycles. The Morgan fingerprint density at radius 2 is 0.628 bits per heavy atom. The first-order valence-electron chi connectivity index (χ1n) is 41.3. The molecule has 0 radical (unpaired) electrons. The summed E-state index contributed by atoms with van der Waals surface area (Å²) < 4.78 is 23.5. The second-order valence-corrected chi connectivity index (χ2v) is 30.9. The van der Waals surface area contributed by atoms with Gasteiger partial charge in [-0.2, -0.15) is 0 Å². The molecule has 0 aliphatic carbocycles. The Kier molecular flexibility index (Phi) is 73.5. The standard InChI is InChI=1S/C85H161N2O6P/c1-6-8-10-12-14-16-18-20-22-24-26-28-30-32-34-36-38-39-40-41-42-43-44-45-46-47-49-51-53-55-57-59-61-63-65-67-69-71-73-75-77-79-85(89)86-83(82-93-94(90,91)92-81-80-87(3,4)5)84(88)78-76-74-72-70-68-66-64-62-60-58-56-54-52-50-48-37-35-33-31-29-27-25-23-21-19-17-15-13-11-9-7-2/h18,20,24,26,30,32,60,62,68,70,76,78,83-84,88H,6-17,19,21-23,25,27-29,31,33-59,61,63-67,69,71-75,77,79-82H2,1-5H3,(H-,86,89,90,91)/b20-18-,26-24-,32-30-,62-60+,70-68+,78-76+. The number of amides is 1. The van der Waals surface area contributed by atoms with E-state index in [2.05, 4.69) is 79.9 Å². The van der Waals surface area contributed by atoms with Gasteiger partial charge in [0.25, 0.3) is 7.82 Å². The van der Waals surface area contributed by atoms with Gasteiger partial charge in [0.05, 0.1) is 39.9 Å². The molecule has 0 heterocycles. The Balaban J connectivity index is 3.97. The molecule has 0 spiro atoms. The van der Waals surface area contributed by atoms with E-state index in [1.165, 1.54) is 334 Å². The van der Waals surface area contributed by atoms with Crippen LogP contribution >= 0.6 is 7.82 Å². The maximum atomic E-state index is 13.1. The molecule has 0 fully saturated rings. The van der Waals surface area contributed by atoms with E-state index in [0.717, 1.165) is 57.8 Å². The number of unbranched alkanes of at least 4 members (excludes halogenated alkanes) is 54. The molecule has 0 aromatic rings. The van der Waals surface area contributed by atoms with Crippen molar-refractivity contribution in [3.8, 4) is 0 Å². The summed E-state index contributed by atoms with van der Waals surface area (Å²) in [6.07, 6.45) is 107. The van der Waals surface area contributed by atoms with E-state index in [9.17, 15) is 19.4 Å². The van der Waals surface area contributed by atoms with E-state index in [0.29, 0.717) is 17.4 Å². The van der Waals surface area contributed by atoms with E-state index in [1.54, 1.807) is 6.08 Å². The third kappa shape index (κ3) is 77.3. The van der Waals surface area contributed by atoms with E-state index in [4.69, 9.17) is 9.05 Å². The van der Waals surface area contributed by atoms with Gasteiger partial charge in [0.2, 0.25) is 5.91 Å². The van der Waals surface area contributed by atoms with Crippen LogP contribution in [0.25, 0.3) is 0 Å². The molecule has 0 aromatic carbocycles. The van der Waals surface area contributed by atoms with Crippen LogP contribution in [0.2, 0.25) is 0 Å². The van der Waals surface area contributed by atoms with Crippen molar-refractivity contribution in [2.45, 2.75) is 424 Å². The number of hydrogen-bond acceptors (Lipinski definition) is 6. The largest absolute Gasteiger partial charge is 0.756 e. The van der Waals surface area contributed by atoms with Crippen LogP contribution < -0.4 is 10.2 Å². The monoisotopic (exact) mass is 1340 g/mol. The van der Waals surface area contributed by atoms with E-state index in [-0.39, 0.29) is 12.5 Å². The Bertz CT molecular complexity index is 1770. The molecule has 8 nitrogen and oxygen atoms in total. The van der Waals surface area contributed by atoms with E-state index < -0.39 is 26.6 Å². The molecule has 0 aliphatic heterocycles. The fourth-order valence-corrected chi connectivity index (χ4v) is 13.2. The maximum absolute atomic E-state index is 13.1. The van der Waals surface area contributed by atoms with Gasteiger partial charge in [-0.25, -0.2) is 0 Å². The van der Waals surface area contributed by atoms with Gasteiger partial charge < -0.3 is 28.8 Å². The van der Waals surface area contributed by atoms with Crippen molar-refractivity contribution in [1.82, 2.24) is 5.32 Å². The lowest BCUT2D eigenvalue weighted by atomic mass is 10.0. The van der Waals surface area contributed by atoms with Crippen molar-refractivity contribution in [2.24, 2.45) is 0 Å². The van der Waals surface area contributed by atoms with Crippen LogP contribution in [0, 0.1) is 0 Å². The predicted molar refractivity (Wildman–Crippen MR) is 413 cm³/mol. The average molecular weight is 1340 g/mol. The number of allylic oxidation sites excluding steroid dienone is 11. The third-order valence-corrected chi connectivity index (χ3v) is 19.8. The second kappa shape index (κ2) is 75.1.